The average molecular weight is 538 g/mol. The zero-order chi connectivity index (χ0) is 28.1. The number of rotatable bonds is 7. The normalized spacial score (nSPS) is 25.7. The summed E-state index contributed by atoms with van der Waals surface area (Å²) in [4.78, 5) is 18.4. The number of amides is 1. The van der Waals surface area contributed by atoms with Gasteiger partial charge in [-0.3, -0.25) is 10.2 Å². The maximum Gasteiger partial charge on any atom is 0.417 e. The second-order valence-corrected chi connectivity index (χ2v) is 9.59. The van der Waals surface area contributed by atoms with Crippen molar-refractivity contribution in [1.29, 1.82) is 5.41 Å². The molecule has 0 bridgehead atoms. The van der Waals surface area contributed by atoms with Gasteiger partial charge in [0.1, 0.15) is 11.5 Å². The van der Waals surface area contributed by atoms with Crippen molar-refractivity contribution in [2.45, 2.75) is 51.3 Å². The van der Waals surface area contributed by atoms with Crippen LogP contribution in [0.3, 0.4) is 0 Å². The van der Waals surface area contributed by atoms with Gasteiger partial charge in [0.05, 0.1) is 18.2 Å². The fourth-order valence-electron chi connectivity index (χ4n) is 4.61. The lowest BCUT2D eigenvalue weighted by Gasteiger charge is -2.43. The molecule has 38 heavy (non-hydrogen) atoms. The fourth-order valence-corrected chi connectivity index (χ4v) is 4.61. The minimum absolute atomic E-state index is 0.0139. The Hall–Kier alpha value is -3.50. The van der Waals surface area contributed by atoms with Gasteiger partial charge in [-0.15, -0.1) is 0 Å². The Labute approximate surface area is 218 Å². The van der Waals surface area contributed by atoms with E-state index in [0.29, 0.717) is 12.0 Å². The molecule has 2 heterocycles. The molecule has 1 saturated heterocycles. The van der Waals surface area contributed by atoms with Gasteiger partial charge in [-0.1, -0.05) is 42.8 Å². The second-order valence-electron chi connectivity index (χ2n) is 9.59. The van der Waals surface area contributed by atoms with Crippen LogP contribution in [0, 0.1) is 18.3 Å². The van der Waals surface area contributed by atoms with Crippen LogP contribution in [0.25, 0.3) is 5.57 Å². The summed E-state index contributed by atoms with van der Waals surface area (Å²) in [5, 5.41) is 14.4. The van der Waals surface area contributed by atoms with Crippen molar-refractivity contribution < 1.29 is 26.7 Å². The monoisotopic (exact) mass is 537 g/mol. The summed E-state index contributed by atoms with van der Waals surface area (Å²) in [7, 11) is 1.61. The Morgan fingerprint density at radius 3 is 2.63 bits per heavy atom. The quantitative estimate of drug-likeness (QED) is 0.329. The van der Waals surface area contributed by atoms with E-state index in [1.54, 1.807) is 38.2 Å². The number of piperidine rings is 1. The Balaban J connectivity index is 1.84. The number of alkyl halides is 5. The third-order valence-corrected chi connectivity index (χ3v) is 6.47. The van der Waals surface area contributed by atoms with E-state index in [9.17, 15) is 26.7 Å². The summed E-state index contributed by atoms with van der Waals surface area (Å²) < 4.78 is 68.6. The third-order valence-electron chi connectivity index (χ3n) is 6.47. The van der Waals surface area contributed by atoms with Gasteiger partial charge in [0, 0.05) is 38.0 Å². The summed E-state index contributed by atoms with van der Waals surface area (Å²) in [5.74, 6) is -4.49. The minimum atomic E-state index is -4.53. The molecule has 2 aliphatic rings. The first-order valence-corrected chi connectivity index (χ1v) is 12.3. The maximum absolute atomic E-state index is 14.6. The standard InChI is InChI=1S/C27H32F5N5O/c1-17-7-6-8-19(11-17)21(14-34-3)24(33)25(38)37-16-26(28,29)12-18(2)22(37)15-36-23-10-5-4-9-20(13-35-23)27(30,31)32/h6-11,13-14,18,22,33-34,36H,4-5,12,15-16H2,1-3H3/b20-9-,21-14-,23-10+,33-24?,35-13-/t18-,22?/m1/s1. The molecule has 1 unspecified atom stereocenters. The molecule has 0 radical (unpaired) electrons. The molecule has 6 nitrogen and oxygen atoms in total. The number of hydrogen-bond acceptors (Lipinski definition) is 5. The summed E-state index contributed by atoms with van der Waals surface area (Å²) in [5.41, 5.74) is 0.449. The number of halogens is 5. The lowest BCUT2D eigenvalue weighted by Crippen LogP contribution is -2.59. The number of likely N-dealkylation sites (tertiary alicyclic amines) is 1. The van der Waals surface area contributed by atoms with E-state index in [-0.39, 0.29) is 24.4 Å². The highest BCUT2D eigenvalue weighted by molar-refractivity contribution is 6.54. The molecule has 2 aliphatic heterocycles. The lowest BCUT2D eigenvalue weighted by atomic mass is 9.87. The number of nitrogens with one attached hydrogen (secondary N) is 3. The van der Waals surface area contributed by atoms with Crippen molar-refractivity contribution >= 4 is 23.4 Å². The van der Waals surface area contributed by atoms with Crippen molar-refractivity contribution in [2.24, 2.45) is 10.9 Å². The summed E-state index contributed by atoms with van der Waals surface area (Å²) >= 11 is 0. The number of carbonyl (C=O) groups excluding carboxylic acids is 1. The Bertz CT molecular complexity index is 1170. The molecule has 0 spiro atoms. The van der Waals surface area contributed by atoms with E-state index in [0.717, 1.165) is 22.8 Å². The predicted molar refractivity (Wildman–Crippen MR) is 138 cm³/mol. The van der Waals surface area contributed by atoms with E-state index >= 15 is 0 Å². The highest BCUT2D eigenvalue weighted by Gasteiger charge is 2.46. The summed E-state index contributed by atoms with van der Waals surface area (Å²) in [6, 6.07) is 6.42. The minimum Gasteiger partial charge on any atom is -0.393 e. The van der Waals surface area contributed by atoms with Crippen molar-refractivity contribution in [3.05, 3.63) is 65.1 Å². The number of carbonyl (C=O) groups is 1. The van der Waals surface area contributed by atoms with E-state index in [4.69, 9.17) is 5.41 Å². The summed E-state index contributed by atoms with van der Waals surface area (Å²) in [6.07, 6.45) is 0.379. The van der Waals surface area contributed by atoms with E-state index < -0.39 is 54.2 Å². The molecule has 1 amide bonds. The molecule has 0 saturated carbocycles. The smallest absolute Gasteiger partial charge is 0.393 e. The fraction of sp³-hybridized carbons (Fsp3) is 0.444. The number of aliphatic imine (C=N–C) groups is 1. The molecular weight excluding hydrogens is 505 g/mol. The Morgan fingerprint density at radius 2 is 1.97 bits per heavy atom. The highest BCUT2D eigenvalue weighted by atomic mass is 19.4. The van der Waals surface area contributed by atoms with Crippen molar-refractivity contribution in [3.63, 3.8) is 0 Å². The van der Waals surface area contributed by atoms with Crippen LogP contribution < -0.4 is 10.6 Å². The van der Waals surface area contributed by atoms with Gasteiger partial charge in [0.15, 0.2) is 0 Å². The molecule has 206 valence electrons. The van der Waals surface area contributed by atoms with Crippen LogP contribution in [0.4, 0.5) is 22.0 Å². The number of hydrogen-bond donors (Lipinski definition) is 3. The van der Waals surface area contributed by atoms with Gasteiger partial charge >= 0.3 is 6.18 Å². The van der Waals surface area contributed by atoms with Gasteiger partial charge in [-0.25, -0.2) is 13.8 Å². The first kappa shape index (κ1) is 29.1. The Kier molecular flexibility index (Phi) is 9.11. The van der Waals surface area contributed by atoms with Crippen LogP contribution in [0.5, 0.6) is 0 Å². The first-order chi connectivity index (χ1) is 17.8. The lowest BCUT2D eigenvalue weighted by molar-refractivity contribution is -0.145. The molecule has 1 aromatic rings. The molecular formula is C27H32F5N5O. The van der Waals surface area contributed by atoms with Crippen molar-refractivity contribution in [2.75, 3.05) is 20.1 Å². The summed E-state index contributed by atoms with van der Waals surface area (Å²) in [6.45, 7) is 2.57. The van der Waals surface area contributed by atoms with Gasteiger partial charge in [0.2, 0.25) is 0 Å². The number of nitrogens with zero attached hydrogens (tertiary/aromatic N) is 2. The zero-order valence-electron chi connectivity index (χ0n) is 21.5. The van der Waals surface area contributed by atoms with Gasteiger partial charge < -0.3 is 15.5 Å². The average Bonchev–Trinajstić information content (AvgIpc) is 2.80. The van der Waals surface area contributed by atoms with E-state index in [1.807, 2.05) is 13.0 Å². The largest absolute Gasteiger partial charge is 0.417 e. The molecule has 3 rings (SSSR count). The van der Waals surface area contributed by atoms with Crippen LogP contribution in [0.15, 0.2) is 59.0 Å². The molecule has 2 atom stereocenters. The SMILES string of the molecule is CN/C=C(\C(=N)C(=O)N1CC(F)(F)C[C@@H](C)C1CNC1=C/CC/C=C(C(F)(F)F)/C=N\1)c1cccc(C)c1. The first-order valence-electron chi connectivity index (χ1n) is 12.3. The molecule has 1 aromatic carbocycles. The molecule has 0 aliphatic carbocycles. The number of allylic oxidation sites excluding steroid dienone is 3. The molecule has 0 aromatic heterocycles. The van der Waals surface area contributed by atoms with Crippen molar-refractivity contribution in [1.82, 2.24) is 15.5 Å². The van der Waals surface area contributed by atoms with Crippen molar-refractivity contribution in [3.8, 4) is 0 Å². The molecule has 3 N–H and O–H groups in total. The number of aryl methyl sites for hydroxylation is 1. The van der Waals surface area contributed by atoms with E-state index in [2.05, 4.69) is 15.6 Å². The molecule has 11 heteroatoms. The van der Waals surface area contributed by atoms with Crippen LogP contribution in [0.2, 0.25) is 0 Å². The third kappa shape index (κ3) is 7.29. The molecule has 1 fully saturated rings. The van der Waals surface area contributed by atoms with E-state index in [1.165, 1.54) is 6.20 Å². The van der Waals surface area contributed by atoms with Crippen LogP contribution >= 0.6 is 0 Å². The number of benzene rings is 1. The maximum atomic E-state index is 14.6. The zero-order valence-corrected chi connectivity index (χ0v) is 21.5. The Morgan fingerprint density at radius 1 is 1.26 bits per heavy atom. The van der Waals surface area contributed by atoms with Gasteiger partial charge in [-0.05, 0) is 37.3 Å². The highest BCUT2D eigenvalue weighted by Crippen LogP contribution is 2.35. The van der Waals surface area contributed by atoms with Gasteiger partial charge in [0.25, 0.3) is 11.8 Å². The van der Waals surface area contributed by atoms with Gasteiger partial charge in [-0.2, -0.15) is 13.2 Å². The van der Waals surface area contributed by atoms with Crippen LogP contribution in [-0.2, 0) is 4.79 Å². The topological polar surface area (TPSA) is 80.6 Å². The predicted octanol–water partition coefficient (Wildman–Crippen LogP) is 5.23. The van der Waals surface area contributed by atoms with Crippen LogP contribution in [0.1, 0.15) is 37.3 Å². The van der Waals surface area contributed by atoms with Crippen LogP contribution in [-0.4, -0.2) is 61.0 Å². The second kappa shape index (κ2) is 11.9.